The molecule has 4 aliphatic carbocycles. The van der Waals surface area contributed by atoms with E-state index in [0.29, 0.717) is 37.9 Å². The largest absolute Gasteiger partial charge is 0.481 e. The fraction of sp³-hybridized carbons (Fsp3) is 0.821. The molecule has 2 N–H and O–H groups in total. The third-order valence-corrected chi connectivity index (χ3v) is 10.5. The Morgan fingerprint density at radius 3 is 2.67 bits per heavy atom. The number of hydrogen-bond acceptors (Lipinski definition) is 5. The molecular formula is C28H42N2O6. The van der Waals surface area contributed by atoms with Gasteiger partial charge in [-0.15, -0.1) is 0 Å². The van der Waals surface area contributed by atoms with Crippen LogP contribution in [0.2, 0.25) is 0 Å². The molecule has 4 fully saturated rings. The highest BCUT2D eigenvalue weighted by molar-refractivity contribution is 5.90. The molecular weight excluding hydrogens is 460 g/mol. The average molecular weight is 503 g/mol. The number of hydrogen-bond donors (Lipinski definition) is 2. The zero-order valence-electron chi connectivity index (χ0n) is 22.3. The number of aliphatic carboxylic acids is 1. The van der Waals surface area contributed by atoms with E-state index in [1.165, 1.54) is 0 Å². The maximum absolute atomic E-state index is 13.5. The van der Waals surface area contributed by atoms with Crippen LogP contribution in [0.15, 0.2) is 11.6 Å². The number of carbonyl (C=O) groups is 3. The summed E-state index contributed by atoms with van der Waals surface area (Å²) in [5.74, 6) is 0.00121. The molecule has 36 heavy (non-hydrogen) atoms. The maximum Gasteiger partial charge on any atom is 0.317 e. The predicted molar refractivity (Wildman–Crippen MR) is 133 cm³/mol. The normalized spacial score (nSPS) is 44.9. The van der Waals surface area contributed by atoms with Crippen molar-refractivity contribution in [1.82, 2.24) is 10.2 Å². The Kier molecular flexibility index (Phi) is 6.30. The number of nitrogens with one attached hydrogen (secondary N) is 1. The fourth-order valence-corrected chi connectivity index (χ4v) is 9.31. The second-order valence-corrected chi connectivity index (χ2v) is 12.4. The first-order chi connectivity index (χ1) is 17.1. The molecule has 0 aromatic heterocycles. The number of aldehydes is 1. The summed E-state index contributed by atoms with van der Waals surface area (Å²) in [5, 5.41) is 13.9. The van der Waals surface area contributed by atoms with Crippen LogP contribution in [0.5, 0.6) is 0 Å². The molecule has 0 aromatic carbocycles. The minimum atomic E-state index is -1.26. The molecule has 4 bridgehead atoms. The third kappa shape index (κ3) is 3.15. The van der Waals surface area contributed by atoms with E-state index in [9.17, 15) is 19.5 Å². The van der Waals surface area contributed by atoms with Crippen molar-refractivity contribution in [2.75, 3.05) is 26.2 Å². The van der Waals surface area contributed by atoms with Gasteiger partial charge in [0, 0.05) is 18.5 Å². The van der Waals surface area contributed by atoms with E-state index in [1.807, 2.05) is 27.7 Å². The first kappa shape index (κ1) is 25.7. The van der Waals surface area contributed by atoms with Gasteiger partial charge in [0.2, 0.25) is 0 Å². The highest BCUT2D eigenvalue weighted by atomic mass is 16.7. The first-order valence-electron chi connectivity index (χ1n) is 13.8. The van der Waals surface area contributed by atoms with E-state index in [2.05, 4.69) is 18.3 Å². The van der Waals surface area contributed by atoms with E-state index in [0.717, 1.165) is 31.1 Å². The van der Waals surface area contributed by atoms with Crippen molar-refractivity contribution in [3.8, 4) is 0 Å². The molecule has 0 radical (unpaired) electrons. The van der Waals surface area contributed by atoms with Gasteiger partial charge in [-0.3, -0.25) is 4.79 Å². The van der Waals surface area contributed by atoms with Gasteiger partial charge in [-0.1, -0.05) is 38.8 Å². The molecule has 0 spiro atoms. The molecule has 3 saturated carbocycles. The Bertz CT molecular complexity index is 966. The Morgan fingerprint density at radius 2 is 2.03 bits per heavy atom. The molecule has 8 nitrogen and oxygen atoms in total. The lowest BCUT2D eigenvalue weighted by Crippen LogP contribution is -2.64. The number of nitrogens with zero attached hydrogens (tertiary/aromatic N) is 1. The third-order valence-electron chi connectivity index (χ3n) is 10.5. The first-order valence-corrected chi connectivity index (χ1v) is 13.8. The molecule has 2 amide bonds. The zero-order valence-corrected chi connectivity index (χ0v) is 22.3. The van der Waals surface area contributed by atoms with E-state index in [1.54, 1.807) is 4.90 Å². The molecule has 1 saturated heterocycles. The molecule has 9 atom stereocenters. The summed E-state index contributed by atoms with van der Waals surface area (Å²) in [6.07, 6.45) is 5.68. The summed E-state index contributed by atoms with van der Waals surface area (Å²) in [7, 11) is 0. The highest BCUT2D eigenvalue weighted by Crippen LogP contribution is 2.82. The minimum Gasteiger partial charge on any atom is -0.481 e. The highest BCUT2D eigenvalue weighted by Gasteiger charge is 2.84. The fourth-order valence-electron chi connectivity index (χ4n) is 9.31. The molecule has 1 heterocycles. The van der Waals surface area contributed by atoms with Crippen molar-refractivity contribution >= 4 is 18.3 Å². The number of carboxylic acid groups (broad SMARTS) is 1. The van der Waals surface area contributed by atoms with Crippen molar-refractivity contribution in [1.29, 1.82) is 0 Å². The van der Waals surface area contributed by atoms with Crippen molar-refractivity contribution in [2.45, 2.75) is 72.7 Å². The SMILES string of the molecule is CCNC(=O)N1C[C@H](OCC23CC4C(CC[C@H]4C)[C@@]4(C=O)CC2C=C(C(C)C)C34C(=O)O)O[C@H](C)C1. The number of amides is 2. The van der Waals surface area contributed by atoms with Gasteiger partial charge in [-0.05, 0) is 62.7 Å². The molecule has 1 aliphatic heterocycles. The lowest BCUT2D eigenvalue weighted by Gasteiger charge is -2.58. The second-order valence-electron chi connectivity index (χ2n) is 12.4. The Balaban J connectivity index is 1.52. The lowest BCUT2D eigenvalue weighted by molar-refractivity contribution is -0.231. The maximum atomic E-state index is 13.5. The number of rotatable bonds is 7. The van der Waals surface area contributed by atoms with Crippen molar-refractivity contribution in [3.05, 3.63) is 11.6 Å². The van der Waals surface area contributed by atoms with Crippen LogP contribution in [-0.4, -0.2) is 66.9 Å². The molecule has 5 unspecified atom stereocenters. The summed E-state index contributed by atoms with van der Waals surface area (Å²) >= 11 is 0. The number of carboxylic acids is 1. The summed E-state index contributed by atoms with van der Waals surface area (Å²) in [4.78, 5) is 40.9. The standard InChI is InChI=1S/C28H42N2O6/c1-6-29-25(34)30-12-18(5)36-23(13-30)35-15-27-11-20-17(4)7-8-21(20)26(14-31)10-19(27)9-22(16(2)3)28(26,27)24(32)33/h9,14,16-21,23H,6-8,10-13,15H2,1-5H3,(H,29,34)(H,32,33)/t17-,18-,19?,20?,21?,23-,26+,27?,28?/m1/s1. The smallest absolute Gasteiger partial charge is 0.317 e. The topological polar surface area (TPSA) is 105 Å². The second kappa shape index (κ2) is 8.83. The number of allylic oxidation sites excluding steroid dienone is 1. The van der Waals surface area contributed by atoms with E-state index in [4.69, 9.17) is 9.47 Å². The Labute approximate surface area is 214 Å². The van der Waals surface area contributed by atoms with Gasteiger partial charge in [0.25, 0.3) is 0 Å². The quantitative estimate of drug-likeness (QED) is 0.406. The molecule has 0 aromatic rings. The minimum absolute atomic E-state index is 0.0190. The summed E-state index contributed by atoms with van der Waals surface area (Å²) in [6, 6.07) is -0.147. The van der Waals surface area contributed by atoms with Crippen molar-refractivity contribution in [2.24, 2.45) is 45.8 Å². The van der Waals surface area contributed by atoms with Crippen LogP contribution in [0.1, 0.15) is 60.3 Å². The lowest BCUT2D eigenvalue weighted by atomic mass is 9.43. The van der Waals surface area contributed by atoms with E-state index < -0.39 is 28.5 Å². The van der Waals surface area contributed by atoms with Gasteiger partial charge in [0.05, 0.1) is 24.7 Å². The van der Waals surface area contributed by atoms with Crippen LogP contribution in [0.4, 0.5) is 4.79 Å². The average Bonchev–Trinajstić information content (AvgIpc) is 3.40. The summed E-state index contributed by atoms with van der Waals surface area (Å²) in [6.45, 7) is 11.7. The molecule has 8 heteroatoms. The molecule has 200 valence electrons. The van der Waals surface area contributed by atoms with Crippen molar-refractivity contribution < 1.29 is 29.0 Å². The number of urea groups is 1. The van der Waals surface area contributed by atoms with Gasteiger partial charge >= 0.3 is 12.0 Å². The zero-order chi connectivity index (χ0) is 26.0. The molecule has 5 aliphatic rings. The monoisotopic (exact) mass is 502 g/mol. The molecule has 5 rings (SSSR count). The van der Waals surface area contributed by atoms with Gasteiger partial charge in [-0.25, -0.2) is 4.79 Å². The van der Waals surface area contributed by atoms with Gasteiger partial charge in [0.15, 0.2) is 6.29 Å². The summed E-state index contributed by atoms with van der Waals surface area (Å²) in [5.41, 5.74) is -1.95. The van der Waals surface area contributed by atoms with Crippen molar-refractivity contribution in [3.63, 3.8) is 0 Å². The number of morpholine rings is 1. The van der Waals surface area contributed by atoms with Crippen LogP contribution >= 0.6 is 0 Å². The number of carbonyl (C=O) groups excluding carboxylic acids is 2. The van der Waals surface area contributed by atoms with E-state index in [-0.39, 0.29) is 36.5 Å². The van der Waals surface area contributed by atoms with Crippen LogP contribution < -0.4 is 5.32 Å². The summed E-state index contributed by atoms with van der Waals surface area (Å²) < 4.78 is 12.6. The van der Waals surface area contributed by atoms with E-state index >= 15 is 0 Å². The number of fused-ring (bicyclic) bond motifs is 2. The van der Waals surface area contributed by atoms with Crippen LogP contribution in [0.25, 0.3) is 0 Å². The van der Waals surface area contributed by atoms with Crippen LogP contribution in [0, 0.1) is 45.8 Å². The Hall–Kier alpha value is -1.93. The van der Waals surface area contributed by atoms with Gasteiger partial charge < -0.3 is 29.6 Å². The number of ether oxygens (including phenoxy) is 2. The predicted octanol–water partition coefficient (Wildman–Crippen LogP) is 3.70. The van der Waals surface area contributed by atoms with Crippen LogP contribution in [-0.2, 0) is 19.1 Å². The van der Waals surface area contributed by atoms with Crippen LogP contribution in [0.3, 0.4) is 0 Å². The Morgan fingerprint density at radius 1 is 1.28 bits per heavy atom. The van der Waals surface area contributed by atoms with Gasteiger partial charge in [0.1, 0.15) is 11.7 Å². The van der Waals surface area contributed by atoms with Gasteiger partial charge in [-0.2, -0.15) is 0 Å².